The summed E-state index contributed by atoms with van der Waals surface area (Å²) in [5.41, 5.74) is -3.81. The monoisotopic (exact) mass is 257 g/mol. The van der Waals surface area contributed by atoms with Gasteiger partial charge in [-0.3, -0.25) is 4.79 Å². The molecule has 1 aromatic rings. The highest BCUT2D eigenvalue weighted by molar-refractivity contribution is 5.70. The topological polar surface area (TPSA) is 26.3 Å². The first-order valence-electron chi connectivity index (χ1n) is 10.1. The molecule has 0 unspecified atom stereocenters. The van der Waals surface area contributed by atoms with Crippen LogP contribution in [0.1, 0.15) is 71.7 Å². The van der Waals surface area contributed by atoms with E-state index in [1.54, 1.807) is 26.8 Å². The van der Waals surface area contributed by atoms with E-state index in [0.29, 0.717) is 5.56 Å². The fourth-order valence-corrected chi connectivity index (χ4v) is 1.53. The van der Waals surface area contributed by atoms with E-state index in [0.717, 1.165) is 6.92 Å². The van der Waals surface area contributed by atoms with E-state index in [1.165, 1.54) is 12.1 Å². The maximum Gasteiger partial charge on any atom is 0.308 e. The highest BCUT2D eigenvalue weighted by Gasteiger charge is 2.23. The standard InChI is InChI=1S/C16H24O2/c1-11(17)18-14-9-8-12(15(2,3)4)10-13(14)16(5,6)7/h8-10H,1-7H3/i5D3,6D3,7D3. The van der Waals surface area contributed by atoms with Gasteiger partial charge in [-0.2, -0.15) is 0 Å². The maximum atomic E-state index is 11.5. The Balaban J connectivity index is 4.15. The summed E-state index contributed by atoms with van der Waals surface area (Å²) >= 11 is 0. The van der Waals surface area contributed by atoms with Crippen molar-refractivity contribution >= 4 is 5.97 Å². The molecule has 100 valence electrons. The van der Waals surface area contributed by atoms with Gasteiger partial charge in [-0.1, -0.05) is 53.5 Å². The first kappa shape index (κ1) is 6.23. The van der Waals surface area contributed by atoms with Crippen LogP contribution in [0.15, 0.2) is 18.2 Å². The van der Waals surface area contributed by atoms with Crippen LogP contribution in [0, 0.1) is 0 Å². The largest absolute Gasteiger partial charge is 0.426 e. The molecule has 2 nitrogen and oxygen atoms in total. The van der Waals surface area contributed by atoms with Gasteiger partial charge in [0.05, 0.1) is 0 Å². The van der Waals surface area contributed by atoms with Gasteiger partial charge in [-0.05, 0) is 22.5 Å². The Morgan fingerprint density at radius 3 is 2.22 bits per heavy atom. The molecule has 0 fully saturated rings. The number of carbonyl (C=O) groups excluding carboxylic acids is 1. The zero-order valence-electron chi connectivity index (χ0n) is 20.0. The summed E-state index contributed by atoms with van der Waals surface area (Å²) in [6, 6.07) is 4.00. The quantitative estimate of drug-likeness (QED) is 0.556. The van der Waals surface area contributed by atoms with E-state index in [1.807, 2.05) is 0 Å². The van der Waals surface area contributed by atoms with Gasteiger partial charge in [0.1, 0.15) is 5.75 Å². The molecule has 0 saturated carbocycles. The molecule has 2 heteroatoms. The average Bonchev–Trinajstić information content (AvgIpc) is 2.33. The van der Waals surface area contributed by atoms with Crippen molar-refractivity contribution in [3.05, 3.63) is 29.3 Å². The van der Waals surface area contributed by atoms with Crippen molar-refractivity contribution in [1.29, 1.82) is 0 Å². The summed E-state index contributed by atoms with van der Waals surface area (Å²) < 4.78 is 75.8. The van der Waals surface area contributed by atoms with Gasteiger partial charge in [0.2, 0.25) is 0 Å². The SMILES string of the molecule is [2H]C([2H])([2H])C(c1cc(C(C)(C)C)ccc1OC(C)=O)(C([2H])([2H])[2H])C([2H])([2H])[2H]. The molecule has 0 bridgehead atoms. The number of carbonyl (C=O) groups is 1. The average molecular weight is 257 g/mol. The number of hydrogen-bond acceptors (Lipinski definition) is 2. The molecule has 0 aliphatic rings. The lowest BCUT2D eigenvalue weighted by Gasteiger charge is -2.26. The summed E-state index contributed by atoms with van der Waals surface area (Å²) in [5, 5.41) is 0. The van der Waals surface area contributed by atoms with Gasteiger partial charge in [0, 0.05) is 24.8 Å². The molecular formula is C16H24O2. The fourth-order valence-electron chi connectivity index (χ4n) is 1.53. The van der Waals surface area contributed by atoms with Crippen LogP contribution in [0.5, 0.6) is 5.75 Å². The minimum atomic E-state index is -3.44. The normalized spacial score (nSPS) is 21.9. The summed E-state index contributed by atoms with van der Waals surface area (Å²) in [5.74, 6) is -1.21. The second kappa shape index (κ2) is 4.75. The van der Waals surface area contributed by atoms with Gasteiger partial charge < -0.3 is 4.74 Å². The smallest absolute Gasteiger partial charge is 0.308 e. The summed E-state index contributed by atoms with van der Waals surface area (Å²) in [4.78, 5) is 11.5. The van der Waals surface area contributed by atoms with Gasteiger partial charge >= 0.3 is 5.97 Å². The van der Waals surface area contributed by atoms with Crippen molar-refractivity contribution in [1.82, 2.24) is 0 Å². The lowest BCUT2D eigenvalue weighted by Crippen LogP contribution is -2.18. The van der Waals surface area contributed by atoms with Gasteiger partial charge in [0.25, 0.3) is 0 Å². The van der Waals surface area contributed by atoms with E-state index in [4.69, 9.17) is 17.1 Å². The molecule has 0 aromatic heterocycles. The van der Waals surface area contributed by atoms with Crippen molar-refractivity contribution < 1.29 is 21.9 Å². The third-order valence-corrected chi connectivity index (χ3v) is 2.50. The van der Waals surface area contributed by atoms with Crippen molar-refractivity contribution in [2.24, 2.45) is 0 Å². The van der Waals surface area contributed by atoms with Gasteiger partial charge in [-0.25, -0.2) is 0 Å². The van der Waals surface area contributed by atoms with Crippen LogP contribution < -0.4 is 4.74 Å². The van der Waals surface area contributed by atoms with E-state index in [9.17, 15) is 4.79 Å². The minimum absolute atomic E-state index is 0.390. The zero-order valence-corrected chi connectivity index (χ0v) is 11.0. The Kier molecular flexibility index (Phi) is 1.64. The van der Waals surface area contributed by atoms with Crippen LogP contribution in [-0.4, -0.2) is 5.97 Å². The molecule has 0 N–H and O–H groups in total. The Morgan fingerprint density at radius 1 is 1.17 bits per heavy atom. The zero-order chi connectivity index (χ0) is 21.6. The first-order valence-corrected chi connectivity index (χ1v) is 5.60. The van der Waals surface area contributed by atoms with Crippen molar-refractivity contribution in [2.75, 3.05) is 0 Å². The molecule has 0 amide bonds. The summed E-state index contributed by atoms with van der Waals surface area (Å²) in [6.45, 7) is -3.83. The summed E-state index contributed by atoms with van der Waals surface area (Å²) in [6.07, 6.45) is 0. The molecule has 0 aliphatic heterocycles. The lowest BCUT2D eigenvalue weighted by atomic mass is 9.80. The molecule has 1 aromatic carbocycles. The van der Waals surface area contributed by atoms with Gasteiger partial charge in [0.15, 0.2) is 0 Å². The molecule has 0 saturated heterocycles. The van der Waals surface area contributed by atoms with Crippen LogP contribution in [0.4, 0.5) is 0 Å². The summed E-state index contributed by atoms with van der Waals surface area (Å²) in [7, 11) is 0. The minimum Gasteiger partial charge on any atom is -0.426 e. The molecule has 0 atom stereocenters. The van der Waals surface area contributed by atoms with E-state index >= 15 is 0 Å². The van der Waals surface area contributed by atoms with E-state index < -0.39 is 42.9 Å². The highest BCUT2D eigenvalue weighted by Crippen LogP contribution is 2.35. The fraction of sp³-hybridized carbons (Fsp3) is 0.562. The molecule has 0 heterocycles. The molecule has 1 rings (SSSR count). The van der Waals surface area contributed by atoms with Crippen LogP contribution in [0.25, 0.3) is 0 Å². The third-order valence-electron chi connectivity index (χ3n) is 2.50. The Labute approximate surface area is 123 Å². The Bertz CT molecular complexity index is 671. The number of benzene rings is 1. The molecule has 0 radical (unpaired) electrons. The van der Waals surface area contributed by atoms with Crippen molar-refractivity contribution in [2.45, 2.75) is 59.1 Å². The van der Waals surface area contributed by atoms with Crippen molar-refractivity contribution in [3.8, 4) is 5.75 Å². The van der Waals surface area contributed by atoms with Crippen LogP contribution in [0.2, 0.25) is 0 Å². The third kappa shape index (κ3) is 3.59. The van der Waals surface area contributed by atoms with Crippen LogP contribution in [-0.2, 0) is 15.6 Å². The molecular weight excluding hydrogens is 224 g/mol. The predicted molar refractivity (Wildman–Crippen MR) is 75.2 cm³/mol. The second-order valence-electron chi connectivity index (χ2n) is 5.30. The van der Waals surface area contributed by atoms with E-state index in [-0.39, 0.29) is 5.75 Å². The first-order chi connectivity index (χ1) is 11.8. The number of ether oxygens (including phenoxy) is 1. The predicted octanol–water partition coefficient (Wildman–Crippen LogP) is 4.21. The number of rotatable bonds is 1. The molecule has 0 aliphatic carbocycles. The molecule has 0 spiro atoms. The van der Waals surface area contributed by atoms with Crippen LogP contribution >= 0.6 is 0 Å². The number of esters is 1. The van der Waals surface area contributed by atoms with Crippen molar-refractivity contribution in [3.63, 3.8) is 0 Å². The highest BCUT2D eigenvalue weighted by atomic mass is 16.5. The Hall–Kier alpha value is -1.31. The molecule has 18 heavy (non-hydrogen) atoms. The second-order valence-corrected chi connectivity index (χ2v) is 5.30. The van der Waals surface area contributed by atoms with Gasteiger partial charge in [-0.15, -0.1) is 0 Å². The maximum absolute atomic E-state index is 11.5. The van der Waals surface area contributed by atoms with Crippen LogP contribution in [0.3, 0.4) is 0 Å². The lowest BCUT2D eigenvalue weighted by molar-refractivity contribution is -0.131. The Morgan fingerprint density at radius 2 is 1.78 bits per heavy atom. The van der Waals surface area contributed by atoms with E-state index in [2.05, 4.69) is 0 Å². The number of hydrogen-bond donors (Lipinski definition) is 0.